The summed E-state index contributed by atoms with van der Waals surface area (Å²) in [5.74, 6) is -0.240. The first-order valence-electron chi connectivity index (χ1n) is 7.66. The molecule has 0 fully saturated rings. The van der Waals surface area contributed by atoms with Crippen molar-refractivity contribution in [2.75, 3.05) is 6.54 Å². The summed E-state index contributed by atoms with van der Waals surface area (Å²) in [4.78, 5) is 4.22. The van der Waals surface area contributed by atoms with E-state index in [-0.39, 0.29) is 11.9 Å². The Morgan fingerprint density at radius 2 is 1.81 bits per heavy atom. The number of aryl methyl sites for hydroxylation is 1. The molecule has 0 saturated carbocycles. The van der Waals surface area contributed by atoms with Crippen LogP contribution in [0.3, 0.4) is 0 Å². The van der Waals surface area contributed by atoms with Crippen LogP contribution in [0.15, 0.2) is 42.6 Å². The fourth-order valence-corrected chi connectivity index (χ4v) is 2.39. The van der Waals surface area contributed by atoms with Gasteiger partial charge in [-0.2, -0.15) is 0 Å². The Morgan fingerprint density at radius 3 is 2.43 bits per heavy atom. The lowest BCUT2D eigenvalue weighted by Gasteiger charge is -2.19. The number of nitrogens with one attached hydrogen (secondary N) is 1. The van der Waals surface area contributed by atoms with Gasteiger partial charge < -0.3 is 5.32 Å². The number of benzene rings is 1. The van der Waals surface area contributed by atoms with Crippen LogP contribution in [0.4, 0.5) is 4.39 Å². The monoisotopic (exact) mass is 286 g/mol. The van der Waals surface area contributed by atoms with Crippen molar-refractivity contribution in [1.82, 2.24) is 10.3 Å². The maximum Gasteiger partial charge on any atom is 0.146 e. The zero-order valence-electron chi connectivity index (χ0n) is 12.8. The van der Waals surface area contributed by atoms with Crippen molar-refractivity contribution in [3.05, 3.63) is 65.2 Å². The highest BCUT2D eigenvalue weighted by molar-refractivity contribution is 5.25. The molecule has 1 unspecified atom stereocenters. The maximum atomic E-state index is 14.0. The van der Waals surface area contributed by atoms with Crippen LogP contribution in [0.25, 0.3) is 0 Å². The van der Waals surface area contributed by atoms with Crippen molar-refractivity contribution < 1.29 is 4.39 Å². The zero-order chi connectivity index (χ0) is 15.1. The Hall–Kier alpha value is -1.74. The number of hydrogen-bond donors (Lipinski definition) is 1. The van der Waals surface area contributed by atoms with E-state index >= 15 is 0 Å². The minimum atomic E-state index is -0.240. The van der Waals surface area contributed by atoms with Crippen molar-refractivity contribution in [3.63, 3.8) is 0 Å². The predicted octanol–water partition coefficient (Wildman–Crippen LogP) is 4.07. The predicted molar refractivity (Wildman–Crippen MR) is 84.8 cm³/mol. The van der Waals surface area contributed by atoms with Gasteiger partial charge >= 0.3 is 0 Å². The molecule has 2 rings (SSSR count). The largest absolute Gasteiger partial charge is 0.308 e. The Labute approximate surface area is 126 Å². The summed E-state index contributed by atoms with van der Waals surface area (Å²) < 4.78 is 14.0. The highest BCUT2D eigenvalue weighted by Gasteiger charge is 2.16. The number of rotatable bonds is 7. The summed E-state index contributed by atoms with van der Waals surface area (Å²) in [6.45, 7) is 5.10. The number of aromatic nitrogens is 1. The van der Waals surface area contributed by atoms with Gasteiger partial charge in [-0.3, -0.25) is 4.98 Å². The molecule has 1 atom stereocenters. The molecule has 1 aromatic heterocycles. The Balaban J connectivity index is 2.17. The van der Waals surface area contributed by atoms with Gasteiger partial charge in [0.25, 0.3) is 0 Å². The van der Waals surface area contributed by atoms with Crippen LogP contribution < -0.4 is 5.32 Å². The van der Waals surface area contributed by atoms with E-state index in [1.54, 1.807) is 12.3 Å². The molecular weight excluding hydrogens is 263 g/mol. The van der Waals surface area contributed by atoms with Crippen molar-refractivity contribution in [1.29, 1.82) is 0 Å². The molecule has 0 amide bonds. The van der Waals surface area contributed by atoms with Crippen LogP contribution in [0, 0.1) is 5.82 Å². The lowest BCUT2D eigenvalue weighted by Crippen LogP contribution is -2.26. The molecule has 1 heterocycles. The van der Waals surface area contributed by atoms with E-state index in [4.69, 9.17) is 0 Å². The van der Waals surface area contributed by atoms with Crippen LogP contribution in [-0.4, -0.2) is 11.5 Å². The minimum absolute atomic E-state index is 0.0846. The van der Waals surface area contributed by atoms with Gasteiger partial charge in [-0.1, -0.05) is 38.1 Å². The van der Waals surface area contributed by atoms with Gasteiger partial charge in [0.1, 0.15) is 5.82 Å². The van der Waals surface area contributed by atoms with Gasteiger partial charge in [0.05, 0.1) is 11.7 Å². The van der Waals surface area contributed by atoms with Crippen LogP contribution in [0.2, 0.25) is 0 Å². The first-order chi connectivity index (χ1) is 10.2. The highest BCUT2D eigenvalue weighted by atomic mass is 19.1. The van der Waals surface area contributed by atoms with E-state index in [9.17, 15) is 4.39 Å². The molecule has 2 aromatic rings. The first-order valence-corrected chi connectivity index (χ1v) is 7.66. The van der Waals surface area contributed by atoms with Gasteiger partial charge in [-0.15, -0.1) is 0 Å². The molecule has 3 heteroatoms. The lowest BCUT2D eigenvalue weighted by molar-refractivity contribution is 0.483. The van der Waals surface area contributed by atoms with Gasteiger partial charge in [-0.25, -0.2) is 4.39 Å². The van der Waals surface area contributed by atoms with E-state index in [0.29, 0.717) is 5.69 Å². The lowest BCUT2D eigenvalue weighted by atomic mass is 10.0. The third-order valence-corrected chi connectivity index (χ3v) is 3.63. The molecule has 1 N–H and O–H groups in total. The average molecular weight is 286 g/mol. The van der Waals surface area contributed by atoms with Crippen LogP contribution in [-0.2, 0) is 12.8 Å². The quantitative estimate of drug-likeness (QED) is 0.830. The van der Waals surface area contributed by atoms with Crippen LogP contribution in [0.1, 0.15) is 43.1 Å². The van der Waals surface area contributed by atoms with Gasteiger partial charge in [0.15, 0.2) is 0 Å². The molecule has 21 heavy (non-hydrogen) atoms. The Morgan fingerprint density at radius 1 is 1.10 bits per heavy atom. The van der Waals surface area contributed by atoms with Gasteiger partial charge in [0.2, 0.25) is 0 Å². The number of hydrogen-bond acceptors (Lipinski definition) is 2. The topological polar surface area (TPSA) is 24.9 Å². The molecule has 0 spiro atoms. The maximum absolute atomic E-state index is 14.0. The molecule has 1 aromatic carbocycles. The highest BCUT2D eigenvalue weighted by Crippen LogP contribution is 2.19. The number of nitrogens with zero attached hydrogens (tertiary/aromatic N) is 1. The SMILES string of the molecule is CCCNC(Cc1ccc(CC)cc1)c1ncccc1F. The fraction of sp³-hybridized carbons (Fsp3) is 0.389. The zero-order valence-corrected chi connectivity index (χ0v) is 12.8. The third kappa shape index (κ3) is 4.36. The second kappa shape index (κ2) is 7.89. The number of pyridine rings is 1. The molecule has 2 nitrogen and oxygen atoms in total. The van der Waals surface area contributed by atoms with E-state index in [0.717, 1.165) is 25.8 Å². The van der Waals surface area contributed by atoms with E-state index in [2.05, 4.69) is 48.4 Å². The number of halogens is 1. The molecule has 0 aliphatic heterocycles. The smallest absolute Gasteiger partial charge is 0.146 e. The summed E-state index contributed by atoms with van der Waals surface area (Å²) in [5, 5.41) is 3.40. The van der Waals surface area contributed by atoms with Crippen molar-refractivity contribution >= 4 is 0 Å². The summed E-state index contributed by atoms with van der Waals surface area (Å²) >= 11 is 0. The van der Waals surface area contributed by atoms with Crippen molar-refractivity contribution in [2.24, 2.45) is 0 Å². The fourth-order valence-electron chi connectivity index (χ4n) is 2.39. The van der Waals surface area contributed by atoms with E-state index in [1.165, 1.54) is 17.2 Å². The van der Waals surface area contributed by atoms with E-state index in [1.807, 2.05) is 0 Å². The van der Waals surface area contributed by atoms with E-state index < -0.39 is 0 Å². The summed E-state index contributed by atoms with van der Waals surface area (Å²) in [6.07, 6.45) is 4.45. The van der Waals surface area contributed by atoms with Crippen LogP contribution >= 0.6 is 0 Å². The van der Waals surface area contributed by atoms with Crippen molar-refractivity contribution in [2.45, 2.75) is 39.2 Å². The molecule has 0 aliphatic carbocycles. The van der Waals surface area contributed by atoms with Crippen molar-refractivity contribution in [3.8, 4) is 0 Å². The second-order valence-electron chi connectivity index (χ2n) is 5.25. The normalized spacial score (nSPS) is 12.3. The second-order valence-corrected chi connectivity index (χ2v) is 5.25. The summed E-state index contributed by atoms with van der Waals surface area (Å²) in [6, 6.07) is 11.6. The average Bonchev–Trinajstić information content (AvgIpc) is 2.53. The minimum Gasteiger partial charge on any atom is -0.308 e. The third-order valence-electron chi connectivity index (χ3n) is 3.63. The first kappa shape index (κ1) is 15.6. The summed E-state index contributed by atoms with van der Waals surface area (Å²) in [5.41, 5.74) is 3.03. The Bertz CT molecular complexity index is 551. The molecule has 0 saturated heterocycles. The molecular formula is C18H23FN2. The summed E-state index contributed by atoms with van der Waals surface area (Å²) in [7, 11) is 0. The molecule has 0 aliphatic rings. The Kier molecular flexibility index (Phi) is 5.88. The van der Waals surface area contributed by atoms with Gasteiger partial charge in [0, 0.05) is 6.20 Å². The standard InChI is InChI=1S/C18H23FN2/c1-3-11-20-17(18-16(19)6-5-12-21-18)13-15-9-7-14(4-2)8-10-15/h5-10,12,17,20H,3-4,11,13H2,1-2H3. The van der Waals surface area contributed by atoms with Crippen LogP contribution in [0.5, 0.6) is 0 Å². The molecule has 112 valence electrons. The molecule has 0 radical (unpaired) electrons. The molecule has 0 bridgehead atoms. The van der Waals surface area contributed by atoms with Gasteiger partial charge in [-0.05, 0) is 49.1 Å².